The maximum Gasteiger partial charge on any atom is 0.262 e. The van der Waals surface area contributed by atoms with Crippen molar-refractivity contribution in [2.75, 3.05) is 26.2 Å². The molecule has 1 aliphatic carbocycles. The van der Waals surface area contributed by atoms with E-state index in [4.69, 9.17) is 16.3 Å². The molecule has 3 aliphatic rings. The molecule has 0 spiro atoms. The Labute approximate surface area is 232 Å². The summed E-state index contributed by atoms with van der Waals surface area (Å²) in [5.74, 6) is 0.183. The summed E-state index contributed by atoms with van der Waals surface area (Å²) >= 11 is 6.61. The minimum absolute atomic E-state index is 0.126. The summed E-state index contributed by atoms with van der Waals surface area (Å²) in [6.45, 7) is 6.71. The number of carbonyl (C=O) groups excluding carboxylic acids is 1. The summed E-state index contributed by atoms with van der Waals surface area (Å²) in [5, 5.41) is 15.6. The van der Waals surface area contributed by atoms with E-state index in [1.54, 1.807) is 10.6 Å². The highest BCUT2D eigenvalue weighted by Crippen LogP contribution is 2.47. The molecule has 0 radical (unpaired) electrons. The fourth-order valence-electron chi connectivity index (χ4n) is 5.78. The minimum Gasteiger partial charge on any atom is -0.388 e. The van der Waals surface area contributed by atoms with E-state index in [0.717, 1.165) is 37.1 Å². The third-order valence-electron chi connectivity index (χ3n) is 8.80. The SMILES string of the molecule is CC[C@H]1CN[C@H](c2ccc(-n3c(Cl)cc4c(=O)n(CC5(O)CCN(C(=O)C6(C)CC6)CC5)cnc43)cc2)CO1. The number of ether oxygens (including phenoxy) is 1. The number of likely N-dealkylation sites (tertiary alicyclic amines) is 1. The van der Waals surface area contributed by atoms with Crippen LogP contribution in [0.15, 0.2) is 41.5 Å². The maximum atomic E-state index is 13.4. The number of amides is 1. The van der Waals surface area contributed by atoms with Crippen molar-refractivity contribution in [1.29, 1.82) is 0 Å². The smallest absolute Gasteiger partial charge is 0.262 e. The van der Waals surface area contributed by atoms with Crippen molar-refractivity contribution in [3.63, 3.8) is 0 Å². The normalized spacial score (nSPS) is 24.2. The molecule has 1 saturated carbocycles. The summed E-state index contributed by atoms with van der Waals surface area (Å²) < 4.78 is 9.15. The number of nitrogens with zero attached hydrogens (tertiary/aromatic N) is 4. The number of benzene rings is 1. The Morgan fingerprint density at radius 2 is 1.92 bits per heavy atom. The van der Waals surface area contributed by atoms with Gasteiger partial charge in [-0.15, -0.1) is 0 Å². The standard InChI is InChI=1S/C29H36ClN5O4/c1-3-21-15-31-23(16-39-21)19-4-6-20(7-5-19)35-24(30)14-22-25(35)32-18-34(26(22)36)17-29(38)10-12-33(13-11-29)27(37)28(2)8-9-28/h4-7,14,18,21,23,31,38H,3,8-13,15-17H2,1-2H3/t21-,23-/m0/s1. The van der Waals surface area contributed by atoms with Gasteiger partial charge < -0.3 is 20.1 Å². The molecule has 2 atom stereocenters. The summed E-state index contributed by atoms with van der Waals surface area (Å²) in [7, 11) is 0. The molecule has 2 aromatic heterocycles. The molecule has 39 heavy (non-hydrogen) atoms. The predicted octanol–water partition coefficient (Wildman–Crippen LogP) is 3.43. The van der Waals surface area contributed by atoms with Crippen molar-refractivity contribution in [3.05, 3.63) is 57.7 Å². The van der Waals surface area contributed by atoms with Crippen LogP contribution < -0.4 is 10.9 Å². The number of aliphatic hydroxyl groups is 1. The predicted molar refractivity (Wildman–Crippen MR) is 149 cm³/mol. The van der Waals surface area contributed by atoms with E-state index in [2.05, 4.69) is 17.2 Å². The lowest BCUT2D eigenvalue weighted by atomic mass is 9.90. The third-order valence-corrected chi connectivity index (χ3v) is 9.08. The van der Waals surface area contributed by atoms with Crippen molar-refractivity contribution in [2.24, 2.45) is 5.41 Å². The van der Waals surface area contributed by atoms with Crippen LogP contribution in [0.2, 0.25) is 5.15 Å². The Morgan fingerprint density at radius 1 is 1.21 bits per heavy atom. The van der Waals surface area contributed by atoms with Crippen LogP contribution in [0, 0.1) is 5.41 Å². The molecule has 1 aromatic carbocycles. The highest BCUT2D eigenvalue weighted by Gasteiger charge is 2.48. The van der Waals surface area contributed by atoms with Gasteiger partial charge in [0.05, 0.1) is 36.3 Å². The first kappa shape index (κ1) is 26.5. The molecule has 0 bridgehead atoms. The van der Waals surface area contributed by atoms with E-state index in [1.807, 2.05) is 36.1 Å². The largest absolute Gasteiger partial charge is 0.388 e. The Balaban J connectivity index is 1.18. The molecule has 2 aliphatic heterocycles. The minimum atomic E-state index is -1.07. The molecule has 2 N–H and O–H groups in total. The monoisotopic (exact) mass is 553 g/mol. The Hall–Kier alpha value is -2.72. The molecular formula is C29H36ClN5O4. The van der Waals surface area contributed by atoms with E-state index in [0.29, 0.717) is 48.7 Å². The summed E-state index contributed by atoms with van der Waals surface area (Å²) in [6.07, 6.45) is 5.46. The zero-order valence-corrected chi connectivity index (χ0v) is 23.3. The lowest BCUT2D eigenvalue weighted by Gasteiger charge is -2.39. The average Bonchev–Trinajstić information content (AvgIpc) is 3.61. The number of hydrogen-bond acceptors (Lipinski definition) is 6. The molecule has 1 amide bonds. The molecule has 3 aromatic rings. The van der Waals surface area contributed by atoms with E-state index in [1.165, 1.54) is 10.9 Å². The van der Waals surface area contributed by atoms with Gasteiger partial charge in [0, 0.05) is 30.7 Å². The van der Waals surface area contributed by atoms with Crippen LogP contribution in [0.3, 0.4) is 0 Å². The van der Waals surface area contributed by atoms with Crippen molar-refractivity contribution in [2.45, 2.75) is 70.2 Å². The lowest BCUT2D eigenvalue weighted by molar-refractivity contribution is -0.141. The Kier molecular flexibility index (Phi) is 6.82. The molecule has 10 heteroatoms. The topological polar surface area (TPSA) is 102 Å². The van der Waals surface area contributed by atoms with Crippen LogP contribution in [0.4, 0.5) is 0 Å². The molecule has 6 rings (SSSR count). The molecule has 0 unspecified atom stereocenters. The van der Waals surface area contributed by atoms with Crippen LogP contribution in [-0.2, 0) is 16.1 Å². The number of morpholine rings is 1. The molecule has 208 valence electrons. The second kappa shape index (κ2) is 10.0. The molecular weight excluding hydrogens is 518 g/mol. The second-order valence-corrected chi connectivity index (χ2v) is 12.1. The van der Waals surface area contributed by atoms with Crippen LogP contribution in [0.25, 0.3) is 16.7 Å². The van der Waals surface area contributed by atoms with Crippen LogP contribution in [0.1, 0.15) is 57.6 Å². The first-order valence-corrected chi connectivity index (χ1v) is 14.3. The Bertz CT molecular complexity index is 1430. The van der Waals surface area contributed by atoms with Crippen LogP contribution >= 0.6 is 11.6 Å². The van der Waals surface area contributed by atoms with Gasteiger partial charge in [0.1, 0.15) is 11.5 Å². The van der Waals surface area contributed by atoms with Gasteiger partial charge in [-0.2, -0.15) is 0 Å². The number of carbonyl (C=O) groups is 1. The molecule has 9 nitrogen and oxygen atoms in total. The van der Waals surface area contributed by atoms with Gasteiger partial charge in [-0.05, 0) is 55.9 Å². The number of nitrogens with one attached hydrogen (secondary N) is 1. The first-order chi connectivity index (χ1) is 18.7. The number of piperidine rings is 1. The summed E-state index contributed by atoms with van der Waals surface area (Å²) in [4.78, 5) is 32.5. The van der Waals surface area contributed by atoms with Crippen LogP contribution in [-0.4, -0.2) is 68.0 Å². The van der Waals surface area contributed by atoms with Crippen molar-refractivity contribution < 1.29 is 14.6 Å². The number of aromatic nitrogens is 3. The van der Waals surface area contributed by atoms with Crippen molar-refractivity contribution in [3.8, 4) is 5.69 Å². The fourth-order valence-corrected chi connectivity index (χ4v) is 6.07. The van der Waals surface area contributed by atoms with Gasteiger partial charge in [-0.1, -0.05) is 37.6 Å². The Morgan fingerprint density at radius 3 is 2.54 bits per heavy atom. The number of hydrogen-bond donors (Lipinski definition) is 2. The third kappa shape index (κ3) is 5.01. The summed E-state index contributed by atoms with van der Waals surface area (Å²) in [5.41, 5.74) is 0.882. The van der Waals surface area contributed by atoms with Gasteiger partial charge in [-0.25, -0.2) is 4.98 Å². The van der Waals surface area contributed by atoms with Gasteiger partial charge in [0.25, 0.3) is 5.56 Å². The average molecular weight is 554 g/mol. The lowest BCUT2D eigenvalue weighted by Crippen LogP contribution is -2.51. The van der Waals surface area contributed by atoms with Crippen LogP contribution in [0.5, 0.6) is 0 Å². The van der Waals surface area contributed by atoms with E-state index >= 15 is 0 Å². The number of fused-ring (bicyclic) bond motifs is 1. The van der Waals surface area contributed by atoms with E-state index in [-0.39, 0.29) is 35.6 Å². The zero-order chi connectivity index (χ0) is 27.4. The fraction of sp³-hybridized carbons (Fsp3) is 0.552. The van der Waals surface area contributed by atoms with E-state index < -0.39 is 5.60 Å². The molecule has 3 fully saturated rings. The quantitative estimate of drug-likeness (QED) is 0.485. The zero-order valence-electron chi connectivity index (χ0n) is 22.5. The van der Waals surface area contributed by atoms with E-state index in [9.17, 15) is 14.7 Å². The van der Waals surface area contributed by atoms with Gasteiger partial charge >= 0.3 is 0 Å². The molecule has 2 saturated heterocycles. The highest BCUT2D eigenvalue weighted by atomic mass is 35.5. The number of halogens is 1. The first-order valence-electron chi connectivity index (χ1n) is 13.9. The van der Waals surface area contributed by atoms with Crippen molar-refractivity contribution in [1.82, 2.24) is 24.3 Å². The highest BCUT2D eigenvalue weighted by molar-refractivity contribution is 6.31. The van der Waals surface area contributed by atoms with Gasteiger partial charge in [-0.3, -0.25) is 18.7 Å². The molecule has 4 heterocycles. The number of rotatable bonds is 6. The summed E-state index contributed by atoms with van der Waals surface area (Å²) in [6, 6.07) is 9.81. The van der Waals surface area contributed by atoms with Crippen molar-refractivity contribution >= 4 is 28.5 Å². The van der Waals surface area contributed by atoms with Gasteiger partial charge in [0.2, 0.25) is 5.91 Å². The second-order valence-electron chi connectivity index (χ2n) is 11.7. The maximum absolute atomic E-state index is 13.4. The van der Waals surface area contributed by atoms with Gasteiger partial charge in [0.15, 0.2) is 5.65 Å².